The van der Waals surface area contributed by atoms with Crippen LogP contribution in [0.25, 0.3) is 0 Å². The molecule has 32 heavy (non-hydrogen) atoms. The van der Waals surface area contributed by atoms with Crippen molar-refractivity contribution in [2.75, 3.05) is 25.1 Å². The smallest absolute Gasteiger partial charge is 0.341 e. The van der Waals surface area contributed by atoms with Crippen LogP contribution in [0, 0.1) is 17.2 Å². The van der Waals surface area contributed by atoms with E-state index >= 15 is 0 Å². The summed E-state index contributed by atoms with van der Waals surface area (Å²) in [6.07, 6.45) is 0.270. The quantitative estimate of drug-likeness (QED) is 0.597. The summed E-state index contributed by atoms with van der Waals surface area (Å²) in [6, 6.07) is 10.5. The number of aromatic carboxylic acids is 1. The van der Waals surface area contributed by atoms with Crippen LogP contribution in [0.1, 0.15) is 34.0 Å². The Balaban J connectivity index is 1.75. The molecule has 10 nitrogen and oxygen atoms in total. The van der Waals surface area contributed by atoms with Crippen molar-refractivity contribution in [2.45, 2.75) is 19.1 Å². The number of carbonyl (C=O) groups excluding carboxylic acids is 1. The van der Waals surface area contributed by atoms with Crippen molar-refractivity contribution in [3.8, 4) is 11.9 Å². The summed E-state index contributed by atoms with van der Waals surface area (Å²) in [5.41, 5.74) is 0.780. The number of aromatic nitrogens is 1. The number of carbonyl (C=O) groups is 2. The highest BCUT2D eigenvalue weighted by Gasteiger charge is 2.38. The van der Waals surface area contributed by atoms with Gasteiger partial charge in [-0.05, 0) is 17.5 Å². The van der Waals surface area contributed by atoms with Crippen molar-refractivity contribution < 1.29 is 27.9 Å². The number of sulfonamides is 1. The molecule has 0 atom stereocenters. The number of benzene rings is 1. The second-order valence-electron chi connectivity index (χ2n) is 7.26. The van der Waals surface area contributed by atoms with E-state index in [9.17, 15) is 28.4 Å². The summed E-state index contributed by atoms with van der Waals surface area (Å²) < 4.78 is 31.8. The largest absolute Gasteiger partial charge is 0.480 e. The van der Waals surface area contributed by atoms with Crippen molar-refractivity contribution in [3.63, 3.8) is 0 Å². The van der Waals surface area contributed by atoms with Gasteiger partial charge in [0.15, 0.2) is 5.82 Å². The second-order valence-corrected chi connectivity index (χ2v) is 8.98. The third-order valence-electron chi connectivity index (χ3n) is 5.13. The average Bonchev–Trinajstić information content (AvgIpc) is 2.71. The van der Waals surface area contributed by atoms with Gasteiger partial charge in [0.1, 0.15) is 11.6 Å². The number of hydrogen-bond donors (Lipinski definition) is 2. The molecule has 0 unspecified atom stereocenters. The first-order valence-electron chi connectivity index (χ1n) is 9.78. The maximum Gasteiger partial charge on any atom is 0.341 e. The Bertz CT molecular complexity index is 1190. The molecule has 0 spiro atoms. The van der Waals surface area contributed by atoms with Crippen LogP contribution in [-0.2, 0) is 27.0 Å². The molecule has 0 bridgehead atoms. The molecule has 0 saturated carbocycles. The molecule has 1 aromatic carbocycles. The van der Waals surface area contributed by atoms with E-state index in [1.807, 2.05) is 6.07 Å². The van der Waals surface area contributed by atoms with E-state index in [-0.39, 0.29) is 48.1 Å². The van der Waals surface area contributed by atoms with E-state index < -0.39 is 27.8 Å². The van der Waals surface area contributed by atoms with E-state index in [0.29, 0.717) is 11.1 Å². The molecule has 11 heteroatoms. The van der Waals surface area contributed by atoms with Gasteiger partial charge < -0.3 is 14.7 Å². The molecule has 2 heterocycles. The van der Waals surface area contributed by atoms with Gasteiger partial charge in [0, 0.05) is 13.1 Å². The van der Waals surface area contributed by atoms with Crippen LogP contribution >= 0.6 is 0 Å². The zero-order valence-electron chi connectivity index (χ0n) is 17.5. The molecule has 1 saturated heterocycles. The first-order chi connectivity index (χ1) is 15.2. The maximum atomic E-state index is 12.4. The fraction of sp³-hybridized carbons (Fsp3) is 0.333. The van der Waals surface area contributed by atoms with Gasteiger partial charge in [-0.3, -0.25) is 9.52 Å². The SMILES string of the molecule is CCc1c(C#N)c(N2CC(C(=O)NS(=O)(=O)Cc3ccccc3)C2)nc(OC)c1C(=O)O. The normalized spacial score (nSPS) is 13.7. The van der Waals surface area contributed by atoms with Gasteiger partial charge in [-0.15, -0.1) is 0 Å². The minimum absolute atomic E-state index is 0.0984. The Morgan fingerprint density at radius 2 is 1.97 bits per heavy atom. The Labute approximate surface area is 185 Å². The minimum Gasteiger partial charge on any atom is -0.480 e. The fourth-order valence-electron chi connectivity index (χ4n) is 3.55. The summed E-state index contributed by atoms with van der Waals surface area (Å²) in [5.74, 6) is -2.74. The van der Waals surface area contributed by atoms with Crippen LogP contribution in [-0.4, -0.2) is 50.6 Å². The third-order valence-corrected chi connectivity index (χ3v) is 6.35. The van der Waals surface area contributed by atoms with Crippen LogP contribution in [0.3, 0.4) is 0 Å². The van der Waals surface area contributed by atoms with Gasteiger partial charge in [-0.25, -0.2) is 13.2 Å². The molecule has 1 aliphatic rings. The fourth-order valence-corrected chi connectivity index (χ4v) is 4.73. The second kappa shape index (κ2) is 9.23. The number of nitrogens with zero attached hydrogens (tertiary/aromatic N) is 3. The number of methoxy groups -OCH3 is 1. The number of hydrogen-bond acceptors (Lipinski definition) is 8. The highest BCUT2D eigenvalue weighted by molar-refractivity contribution is 7.89. The lowest BCUT2D eigenvalue weighted by molar-refractivity contribution is -0.123. The predicted octanol–water partition coefficient (Wildman–Crippen LogP) is 1.30. The lowest BCUT2D eigenvalue weighted by Gasteiger charge is -2.39. The number of nitrogens with one attached hydrogen (secondary N) is 1. The first kappa shape index (κ1) is 23.0. The van der Waals surface area contributed by atoms with E-state index in [2.05, 4.69) is 9.71 Å². The number of rotatable bonds is 8. The molecular weight excluding hydrogens is 436 g/mol. The van der Waals surface area contributed by atoms with Crippen molar-refractivity contribution in [3.05, 3.63) is 52.6 Å². The number of amides is 1. The number of nitriles is 1. The molecule has 168 valence electrons. The Morgan fingerprint density at radius 1 is 1.31 bits per heavy atom. The van der Waals surface area contributed by atoms with E-state index in [1.54, 1.807) is 42.2 Å². The van der Waals surface area contributed by atoms with Crippen molar-refractivity contribution in [2.24, 2.45) is 5.92 Å². The van der Waals surface area contributed by atoms with Crippen LogP contribution in [0.15, 0.2) is 30.3 Å². The molecule has 2 N–H and O–H groups in total. The number of carboxylic acids is 1. The molecule has 0 radical (unpaired) electrons. The summed E-state index contributed by atoms with van der Waals surface area (Å²) >= 11 is 0. The van der Waals surface area contributed by atoms with Crippen LogP contribution in [0.5, 0.6) is 5.88 Å². The number of ether oxygens (including phenoxy) is 1. The number of pyridine rings is 1. The monoisotopic (exact) mass is 458 g/mol. The number of carboxylic acid groups (broad SMARTS) is 1. The lowest BCUT2D eigenvalue weighted by Crippen LogP contribution is -2.55. The molecule has 1 aliphatic heterocycles. The zero-order chi connectivity index (χ0) is 23.5. The average molecular weight is 458 g/mol. The molecular formula is C21H22N4O6S. The van der Waals surface area contributed by atoms with Gasteiger partial charge >= 0.3 is 5.97 Å². The van der Waals surface area contributed by atoms with E-state index in [0.717, 1.165) is 0 Å². The molecule has 1 amide bonds. The highest BCUT2D eigenvalue weighted by atomic mass is 32.2. The van der Waals surface area contributed by atoms with Crippen LogP contribution in [0.4, 0.5) is 5.82 Å². The zero-order valence-corrected chi connectivity index (χ0v) is 18.3. The molecule has 0 aliphatic carbocycles. The topological polar surface area (TPSA) is 150 Å². The van der Waals surface area contributed by atoms with Crippen LogP contribution in [0.2, 0.25) is 0 Å². The number of anilines is 1. The Morgan fingerprint density at radius 3 is 2.50 bits per heavy atom. The summed E-state index contributed by atoms with van der Waals surface area (Å²) in [6.45, 7) is 1.98. The summed E-state index contributed by atoms with van der Waals surface area (Å²) in [7, 11) is -2.57. The van der Waals surface area contributed by atoms with Crippen molar-refractivity contribution in [1.29, 1.82) is 5.26 Å². The molecule has 1 aromatic heterocycles. The first-order valence-corrected chi connectivity index (χ1v) is 11.4. The standard InChI is InChI=1S/C21H22N4O6S/c1-3-15-16(9-22)18(23-20(31-2)17(15)21(27)28)25-10-14(11-25)19(26)24-32(29,30)12-13-7-5-4-6-8-13/h4-8,14H,3,10-12H2,1-2H3,(H,24,26)(H,27,28). The lowest BCUT2D eigenvalue weighted by atomic mass is 9.96. The van der Waals surface area contributed by atoms with Gasteiger partial charge in [-0.1, -0.05) is 37.3 Å². The predicted molar refractivity (Wildman–Crippen MR) is 115 cm³/mol. The third kappa shape index (κ3) is 4.65. The maximum absolute atomic E-state index is 12.4. The van der Waals surface area contributed by atoms with E-state index in [4.69, 9.17) is 4.74 Å². The summed E-state index contributed by atoms with van der Waals surface area (Å²) in [5, 5.41) is 19.1. The van der Waals surface area contributed by atoms with E-state index in [1.165, 1.54) is 7.11 Å². The molecule has 1 fully saturated rings. The Kier molecular flexibility index (Phi) is 6.64. The minimum atomic E-state index is -3.86. The summed E-state index contributed by atoms with van der Waals surface area (Å²) in [4.78, 5) is 29.9. The van der Waals surface area contributed by atoms with Crippen molar-refractivity contribution in [1.82, 2.24) is 9.71 Å². The molecule has 3 rings (SSSR count). The van der Waals surface area contributed by atoms with Crippen molar-refractivity contribution >= 4 is 27.7 Å². The van der Waals surface area contributed by atoms with Gasteiger partial charge in [0.25, 0.3) is 0 Å². The Hall–Kier alpha value is -3.65. The molecule has 2 aromatic rings. The highest BCUT2D eigenvalue weighted by Crippen LogP contribution is 2.34. The van der Waals surface area contributed by atoms with Gasteiger partial charge in [0.2, 0.25) is 21.8 Å². The van der Waals surface area contributed by atoms with Gasteiger partial charge in [0.05, 0.1) is 24.3 Å². The van der Waals surface area contributed by atoms with Gasteiger partial charge in [-0.2, -0.15) is 10.2 Å². The van der Waals surface area contributed by atoms with Crippen LogP contribution < -0.4 is 14.4 Å².